The van der Waals surface area contributed by atoms with Crippen LogP contribution in [0, 0.1) is 6.92 Å². The van der Waals surface area contributed by atoms with Crippen molar-refractivity contribution in [2.24, 2.45) is 5.73 Å². The van der Waals surface area contributed by atoms with Gasteiger partial charge < -0.3 is 15.2 Å². The highest BCUT2D eigenvalue weighted by atomic mass is 16.5. The third-order valence-electron chi connectivity index (χ3n) is 4.43. The van der Waals surface area contributed by atoms with E-state index >= 15 is 0 Å². The second kappa shape index (κ2) is 8.19. The summed E-state index contributed by atoms with van der Waals surface area (Å²) in [6.07, 6.45) is 2.05. The predicted molar refractivity (Wildman–Crippen MR) is 106 cm³/mol. The fraction of sp³-hybridized carbons (Fsp3) is 0.318. The first-order valence-corrected chi connectivity index (χ1v) is 9.14. The molecular weight excluding hydrogens is 324 g/mol. The molecule has 2 aromatic carbocycles. The number of aryl methyl sites for hydroxylation is 1. The molecule has 0 saturated carbocycles. The summed E-state index contributed by atoms with van der Waals surface area (Å²) >= 11 is 0. The van der Waals surface area contributed by atoms with Gasteiger partial charge in [0.05, 0.1) is 11.6 Å². The molecule has 0 aliphatic heterocycles. The molecule has 3 rings (SSSR count). The average Bonchev–Trinajstić information content (AvgIpc) is 2.64. The van der Waals surface area contributed by atoms with Crippen LogP contribution >= 0.6 is 0 Å². The molecule has 0 spiro atoms. The lowest BCUT2D eigenvalue weighted by Crippen LogP contribution is -2.09. The number of hydrogen-bond donors (Lipinski definition) is 1. The summed E-state index contributed by atoms with van der Waals surface area (Å²) in [5.41, 5.74) is 8.79. The zero-order chi connectivity index (χ0) is 18.5. The van der Waals surface area contributed by atoms with E-state index in [-0.39, 0.29) is 6.10 Å². The molecule has 0 bridgehead atoms. The lowest BCUT2D eigenvalue weighted by atomic mass is 10.1. The fourth-order valence-corrected chi connectivity index (χ4v) is 2.77. The molecule has 1 unspecified atom stereocenters. The normalized spacial score (nSPS) is 12.2. The SMILES string of the molecule is CCC(C)Oc1ccc(Oc2ccc3cc(CCN)ccc3n2)c(C)c1. The van der Waals surface area contributed by atoms with Crippen molar-refractivity contribution in [3.63, 3.8) is 0 Å². The fourth-order valence-electron chi connectivity index (χ4n) is 2.77. The molecule has 136 valence electrons. The maximum absolute atomic E-state index is 5.99. The van der Waals surface area contributed by atoms with E-state index in [1.165, 1.54) is 5.56 Å². The molecule has 26 heavy (non-hydrogen) atoms. The van der Waals surface area contributed by atoms with Gasteiger partial charge in [-0.1, -0.05) is 13.0 Å². The van der Waals surface area contributed by atoms with Gasteiger partial charge >= 0.3 is 0 Å². The van der Waals surface area contributed by atoms with Crippen LogP contribution in [-0.2, 0) is 6.42 Å². The highest BCUT2D eigenvalue weighted by Gasteiger charge is 2.08. The van der Waals surface area contributed by atoms with Crippen LogP contribution in [0.15, 0.2) is 48.5 Å². The Morgan fingerprint density at radius 1 is 1.08 bits per heavy atom. The van der Waals surface area contributed by atoms with Gasteiger partial charge in [-0.05, 0) is 80.8 Å². The highest BCUT2D eigenvalue weighted by Crippen LogP contribution is 2.29. The predicted octanol–water partition coefficient (Wildman–Crippen LogP) is 5.01. The molecular formula is C22H26N2O2. The standard InChI is InChI=1S/C22H26N2O2/c1-4-16(3)25-19-7-9-21(15(2)13-19)26-22-10-6-18-14-17(11-12-23)5-8-20(18)24-22/h5-10,13-14,16H,4,11-12,23H2,1-3H3. The zero-order valence-corrected chi connectivity index (χ0v) is 15.7. The van der Waals surface area contributed by atoms with Gasteiger partial charge in [-0.2, -0.15) is 0 Å². The van der Waals surface area contributed by atoms with Crippen molar-refractivity contribution in [1.29, 1.82) is 0 Å². The number of rotatable bonds is 7. The second-order valence-electron chi connectivity index (χ2n) is 6.58. The minimum absolute atomic E-state index is 0.201. The quantitative estimate of drug-likeness (QED) is 0.650. The summed E-state index contributed by atoms with van der Waals surface area (Å²) in [4.78, 5) is 4.61. The van der Waals surface area contributed by atoms with E-state index in [0.29, 0.717) is 12.4 Å². The molecule has 0 aliphatic carbocycles. The molecule has 1 heterocycles. The first-order chi connectivity index (χ1) is 12.6. The molecule has 2 N–H and O–H groups in total. The number of fused-ring (bicyclic) bond motifs is 1. The Bertz CT molecular complexity index is 892. The minimum Gasteiger partial charge on any atom is -0.491 e. The summed E-state index contributed by atoms with van der Waals surface area (Å²) in [5, 5.41) is 1.09. The molecule has 1 aromatic heterocycles. The molecule has 0 fully saturated rings. The third-order valence-corrected chi connectivity index (χ3v) is 4.43. The van der Waals surface area contributed by atoms with Crippen molar-refractivity contribution in [2.45, 2.75) is 39.7 Å². The molecule has 0 amide bonds. The summed E-state index contributed by atoms with van der Waals surface area (Å²) in [5.74, 6) is 2.24. The minimum atomic E-state index is 0.201. The molecule has 4 heteroatoms. The zero-order valence-electron chi connectivity index (χ0n) is 15.7. The number of hydrogen-bond acceptors (Lipinski definition) is 4. The Morgan fingerprint density at radius 2 is 1.92 bits per heavy atom. The molecule has 0 radical (unpaired) electrons. The van der Waals surface area contributed by atoms with Crippen molar-refractivity contribution in [1.82, 2.24) is 4.98 Å². The summed E-state index contributed by atoms with van der Waals surface area (Å²) < 4.78 is 11.9. The highest BCUT2D eigenvalue weighted by molar-refractivity contribution is 5.79. The maximum atomic E-state index is 5.99. The van der Waals surface area contributed by atoms with E-state index in [1.54, 1.807) is 0 Å². The van der Waals surface area contributed by atoms with E-state index in [9.17, 15) is 0 Å². The number of ether oxygens (including phenoxy) is 2. The van der Waals surface area contributed by atoms with Gasteiger partial charge in [-0.15, -0.1) is 0 Å². The summed E-state index contributed by atoms with van der Waals surface area (Å²) in [7, 11) is 0. The van der Waals surface area contributed by atoms with Crippen LogP contribution in [0.2, 0.25) is 0 Å². The Balaban J connectivity index is 1.78. The third kappa shape index (κ3) is 4.33. The van der Waals surface area contributed by atoms with Crippen LogP contribution in [0.4, 0.5) is 0 Å². The van der Waals surface area contributed by atoms with Gasteiger partial charge in [0, 0.05) is 11.5 Å². The van der Waals surface area contributed by atoms with Crippen molar-refractivity contribution < 1.29 is 9.47 Å². The van der Waals surface area contributed by atoms with Gasteiger partial charge in [0.15, 0.2) is 0 Å². The Labute approximate surface area is 155 Å². The van der Waals surface area contributed by atoms with Crippen LogP contribution in [0.1, 0.15) is 31.4 Å². The number of aromatic nitrogens is 1. The van der Waals surface area contributed by atoms with E-state index in [1.807, 2.05) is 43.3 Å². The van der Waals surface area contributed by atoms with Crippen molar-refractivity contribution in [3.8, 4) is 17.4 Å². The van der Waals surface area contributed by atoms with Crippen LogP contribution in [0.5, 0.6) is 17.4 Å². The molecule has 0 saturated heterocycles. The molecule has 1 atom stereocenters. The van der Waals surface area contributed by atoms with Gasteiger partial charge in [0.1, 0.15) is 11.5 Å². The van der Waals surface area contributed by atoms with Crippen LogP contribution in [-0.4, -0.2) is 17.6 Å². The van der Waals surface area contributed by atoms with E-state index in [0.717, 1.165) is 40.8 Å². The van der Waals surface area contributed by atoms with Gasteiger partial charge in [-0.25, -0.2) is 4.98 Å². The van der Waals surface area contributed by atoms with Gasteiger partial charge in [0.2, 0.25) is 5.88 Å². The topological polar surface area (TPSA) is 57.4 Å². The smallest absolute Gasteiger partial charge is 0.219 e. The van der Waals surface area contributed by atoms with Crippen molar-refractivity contribution in [3.05, 3.63) is 59.7 Å². The lowest BCUT2D eigenvalue weighted by molar-refractivity contribution is 0.217. The average molecular weight is 350 g/mol. The molecule has 3 aromatic rings. The van der Waals surface area contributed by atoms with Crippen LogP contribution < -0.4 is 15.2 Å². The Hall–Kier alpha value is -2.59. The van der Waals surface area contributed by atoms with Gasteiger partial charge in [-0.3, -0.25) is 0 Å². The number of nitrogens with zero attached hydrogens (tertiary/aromatic N) is 1. The summed E-state index contributed by atoms with van der Waals surface area (Å²) in [6.45, 7) is 6.84. The van der Waals surface area contributed by atoms with E-state index in [2.05, 4.69) is 31.0 Å². The largest absolute Gasteiger partial charge is 0.491 e. The first kappa shape index (κ1) is 18.2. The van der Waals surface area contributed by atoms with E-state index < -0.39 is 0 Å². The Kier molecular flexibility index (Phi) is 5.74. The maximum Gasteiger partial charge on any atom is 0.219 e. The lowest BCUT2D eigenvalue weighted by Gasteiger charge is -2.14. The van der Waals surface area contributed by atoms with Crippen molar-refractivity contribution in [2.75, 3.05) is 6.54 Å². The van der Waals surface area contributed by atoms with Crippen LogP contribution in [0.25, 0.3) is 10.9 Å². The van der Waals surface area contributed by atoms with Crippen molar-refractivity contribution >= 4 is 10.9 Å². The number of pyridine rings is 1. The summed E-state index contributed by atoms with van der Waals surface area (Å²) in [6, 6.07) is 16.0. The van der Waals surface area contributed by atoms with E-state index in [4.69, 9.17) is 15.2 Å². The number of benzene rings is 2. The second-order valence-corrected chi connectivity index (χ2v) is 6.58. The van der Waals surface area contributed by atoms with Gasteiger partial charge in [0.25, 0.3) is 0 Å². The molecule has 4 nitrogen and oxygen atoms in total. The number of nitrogens with two attached hydrogens (primary N) is 1. The first-order valence-electron chi connectivity index (χ1n) is 9.14. The van der Waals surface area contributed by atoms with Crippen LogP contribution in [0.3, 0.4) is 0 Å². The Morgan fingerprint density at radius 3 is 2.65 bits per heavy atom. The monoisotopic (exact) mass is 350 g/mol. The molecule has 0 aliphatic rings.